The van der Waals surface area contributed by atoms with Crippen molar-refractivity contribution in [2.75, 3.05) is 0 Å². The van der Waals surface area contributed by atoms with Gasteiger partial charge in [-0.15, -0.1) is 11.3 Å². The molecule has 1 aliphatic heterocycles. The molecular formula is C46H31N3S. The van der Waals surface area contributed by atoms with Crippen LogP contribution in [-0.2, 0) is 5.41 Å². The Hall–Kier alpha value is -5.81. The zero-order valence-electron chi connectivity index (χ0n) is 27.1. The maximum absolute atomic E-state index is 5.34. The monoisotopic (exact) mass is 657 g/mol. The summed E-state index contributed by atoms with van der Waals surface area (Å²) in [5.74, 6) is 0.895. The van der Waals surface area contributed by atoms with Gasteiger partial charge in [-0.25, -0.2) is 4.99 Å². The molecule has 11 rings (SSSR count). The van der Waals surface area contributed by atoms with Gasteiger partial charge in [0.15, 0.2) is 0 Å². The Balaban J connectivity index is 1.16. The lowest BCUT2D eigenvalue weighted by Gasteiger charge is -2.33. The molecule has 2 aliphatic carbocycles. The first-order valence-electron chi connectivity index (χ1n) is 17.3. The van der Waals surface area contributed by atoms with Crippen molar-refractivity contribution < 1.29 is 0 Å². The second-order valence-corrected chi connectivity index (χ2v) is 14.6. The van der Waals surface area contributed by atoms with Gasteiger partial charge in [-0.1, -0.05) is 152 Å². The molecule has 3 aliphatic rings. The molecule has 0 saturated carbocycles. The van der Waals surface area contributed by atoms with E-state index in [-0.39, 0.29) is 12.3 Å². The van der Waals surface area contributed by atoms with Gasteiger partial charge in [0.2, 0.25) is 0 Å². The van der Waals surface area contributed by atoms with Crippen LogP contribution in [0.2, 0.25) is 0 Å². The van der Waals surface area contributed by atoms with Crippen molar-refractivity contribution in [1.29, 1.82) is 0 Å². The minimum Gasteiger partial charge on any atom is -0.350 e. The zero-order valence-corrected chi connectivity index (χ0v) is 27.9. The molecule has 236 valence electrons. The number of thiophene rings is 1. The van der Waals surface area contributed by atoms with Crippen LogP contribution in [0.4, 0.5) is 0 Å². The normalized spacial score (nSPS) is 19.9. The van der Waals surface area contributed by atoms with Crippen molar-refractivity contribution in [3.05, 3.63) is 203 Å². The average Bonchev–Trinajstić information content (AvgIpc) is 3.82. The highest BCUT2D eigenvalue weighted by molar-refractivity contribution is 7.26. The molecule has 3 nitrogen and oxygen atoms in total. The summed E-state index contributed by atoms with van der Waals surface area (Å²) in [4.78, 5) is 5.34. The Morgan fingerprint density at radius 3 is 2.00 bits per heavy atom. The van der Waals surface area contributed by atoms with Crippen molar-refractivity contribution in [1.82, 2.24) is 10.6 Å². The quantitative estimate of drug-likeness (QED) is 0.198. The molecule has 8 aromatic rings. The Kier molecular flexibility index (Phi) is 5.95. The van der Waals surface area contributed by atoms with E-state index in [1.807, 2.05) is 11.3 Å². The van der Waals surface area contributed by atoms with E-state index < -0.39 is 5.41 Å². The molecule has 1 spiro atoms. The van der Waals surface area contributed by atoms with Crippen LogP contribution >= 0.6 is 11.3 Å². The number of nitrogens with one attached hydrogen (secondary N) is 2. The Morgan fingerprint density at radius 2 is 1.18 bits per heavy atom. The number of benzene rings is 7. The molecule has 2 heterocycles. The molecule has 0 bridgehead atoms. The SMILES string of the molecule is c1ccc(C2N=C(c3ccc4c(c3)C3(c5ccccc5-4)c4ccccc4-c4c3ccc3c4sc4ccccc43)NC(c3ccccc3)N2)cc1. The summed E-state index contributed by atoms with van der Waals surface area (Å²) in [5.41, 5.74) is 13.7. The van der Waals surface area contributed by atoms with E-state index >= 15 is 0 Å². The Morgan fingerprint density at radius 1 is 0.520 bits per heavy atom. The van der Waals surface area contributed by atoms with Gasteiger partial charge in [-0.2, -0.15) is 0 Å². The predicted molar refractivity (Wildman–Crippen MR) is 207 cm³/mol. The largest absolute Gasteiger partial charge is 0.350 e. The van der Waals surface area contributed by atoms with Gasteiger partial charge >= 0.3 is 0 Å². The number of hydrogen-bond donors (Lipinski definition) is 2. The van der Waals surface area contributed by atoms with E-state index in [4.69, 9.17) is 4.99 Å². The topological polar surface area (TPSA) is 36.4 Å². The lowest BCUT2D eigenvalue weighted by molar-refractivity contribution is 0.409. The summed E-state index contributed by atoms with van der Waals surface area (Å²) in [5, 5.41) is 10.2. The van der Waals surface area contributed by atoms with Crippen LogP contribution in [0.3, 0.4) is 0 Å². The van der Waals surface area contributed by atoms with Crippen LogP contribution in [0, 0.1) is 0 Å². The molecule has 3 unspecified atom stereocenters. The van der Waals surface area contributed by atoms with E-state index in [0.29, 0.717) is 0 Å². The third kappa shape index (κ3) is 3.80. The zero-order chi connectivity index (χ0) is 32.8. The highest BCUT2D eigenvalue weighted by atomic mass is 32.1. The fraction of sp³-hybridized carbons (Fsp3) is 0.0652. The molecule has 3 atom stereocenters. The highest BCUT2D eigenvalue weighted by Crippen LogP contribution is 2.64. The first-order chi connectivity index (χ1) is 24.8. The van der Waals surface area contributed by atoms with Crippen molar-refractivity contribution >= 4 is 37.3 Å². The minimum absolute atomic E-state index is 0.0949. The maximum Gasteiger partial charge on any atom is 0.131 e. The summed E-state index contributed by atoms with van der Waals surface area (Å²) >= 11 is 1.92. The standard InChI is InChI=1S/C46H31N3S/c1-3-13-28(14-4-1)43-47-44(29-15-5-2-6-16-29)49-45(48-43)30-23-24-32-31-17-7-10-20-36(31)46(39(32)27-30)37-21-11-8-19-35(37)41-38(46)26-25-34-33-18-9-12-22-40(33)50-42(34)41/h1-27,43-44,47H,(H,48,49). The summed E-state index contributed by atoms with van der Waals surface area (Å²) < 4.78 is 2.70. The second kappa shape index (κ2) is 10.6. The number of amidine groups is 1. The summed E-state index contributed by atoms with van der Waals surface area (Å²) in [6.45, 7) is 0. The number of aliphatic imine (C=N–C) groups is 1. The lowest BCUT2D eigenvalue weighted by Crippen LogP contribution is -2.45. The Bertz CT molecular complexity index is 2670. The summed E-state index contributed by atoms with van der Waals surface area (Å²) in [6.07, 6.45) is -0.284. The molecule has 0 saturated heterocycles. The van der Waals surface area contributed by atoms with E-state index in [0.717, 1.165) is 17.0 Å². The van der Waals surface area contributed by atoms with Gasteiger partial charge in [0, 0.05) is 31.3 Å². The second-order valence-electron chi connectivity index (χ2n) is 13.5. The third-order valence-electron chi connectivity index (χ3n) is 11.0. The van der Waals surface area contributed by atoms with Crippen molar-refractivity contribution in [3.63, 3.8) is 0 Å². The van der Waals surface area contributed by atoms with Crippen LogP contribution in [0.25, 0.3) is 42.4 Å². The van der Waals surface area contributed by atoms with Gasteiger partial charge in [0.05, 0.1) is 5.41 Å². The van der Waals surface area contributed by atoms with E-state index in [1.54, 1.807) is 0 Å². The molecule has 0 amide bonds. The fourth-order valence-corrected chi connectivity index (χ4v) is 10.1. The van der Waals surface area contributed by atoms with Gasteiger partial charge < -0.3 is 5.32 Å². The van der Waals surface area contributed by atoms with Crippen LogP contribution in [-0.4, -0.2) is 5.84 Å². The van der Waals surface area contributed by atoms with E-state index in [9.17, 15) is 0 Å². The van der Waals surface area contributed by atoms with Crippen molar-refractivity contribution in [2.45, 2.75) is 17.7 Å². The molecule has 50 heavy (non-hydrogen) atoms. The number of hydrogen-bond acceptors (Lipinski definition) is 4. The molecule has 4 heteroatoms. The van der Waals surface area contributed by atoms with E-state index in [2.05, 4.69) is 174 Å². The number of fused-ring (bicyclic) bond motifs is 14. The molecule has 0 fully saturated rings. The van der Waals surface area contributed by atoms with Crippen molar-refractivity contribution in [2.24, 2.45) is 4.99 Å². The number of rotatable bonds is 3. The molecule has 1 aromatic heterocycles. The fourth-order valence-electron chi connectivity index (χ4n) is 8.88. The lowest BCUT2D eigenvalue weighted by atomic mass is 9.70. The van der Waals surface area contributed by atoms with Gasteiger partial charge in [-0.05, 0) is 62.2 Å². The van der Waals surface area contributed by atoms with Gasteiger partial charge in [0.25, 0.3) is 0 Å². The number of nitrogens with zero attached hydrogens (tertiary/aromatic N) is 1. The minimum atomic E-state index is -0.441. The predicted octanol–water partition coefficient (Wildman–Crippen LogP) is 10.7. The Labute approximate surface area is 294 Å². The average molecular weight is 658 g/mol. The summed E-state index contributed by atoms with van der Waals surface area (Å²) in [6, 6.07) is 60.0. The molecular weight excluding hydrogens is 627 g/mol. The van der Waals surface area contributed by atoms with Gasteiger partial charge in [-0.3, -0.25) is 5.32 Å². The van der Waals surface area contributed by atoms with Crippen LogP contribution < -0.4 is 10.6 Å². The smallest absolute Gasteiger partial charge is 0.131 e. The van der Waals surface area contributed by atoms with Crippen LogP contribution in [0.5, 0.6) is 0 Å². The molecule has 2 N–H and O–H groups in total. The van der Waals surface area contributed by atoms with Crippen LogP contribution in [0.15, 0.2) is 169 Å². The molecule has 7 aromatic carbocycles. The molecule has 0 radical (unpaired) electrons. The van der Waals surface area contributed by atoms with E-state index in [1.165, 1.54) is 70.2 Å². The summed E-state index contributed by atoms with van der Waals surface area (Å²) in [7, 11) is 0. The highest BCUT2D eigenvalue weighted by Gasteiger charge is 2.52. The third-order valence-corrected chi connectivity index (χ3v) is 12.2. The maximum atomic E-state index is 5.34. The van der Waals surface area contributed by atoms with Crippen LogP contribution in [0.1, 0.15) is 51.3 Å². The van der Waals surface area contributed by atoms with Gasteiger partial charge in [0.1, 0.15) is 18.2 Å². The first kappa shape index (κ1) is 28.1. The first-order valence-corrected chi connectivity index (χ1v) is 18.1. The van der Waals surface area contributed by atoms with Crippen molar-refractivity contribution in [3.8, 4) is 22.3 Å².